The fraction of sp³-hybridized carbons (Fsp3) is 0.355. The van der Waals surface area contributed by atoms with Gasteiger partial charge in [-0.15, -0.1) is 0 Å². The summed E-state index contributed by atoms with van der Waals surface area (Å²) in [6, 6.07) is 21.0. The highest BCUT2D eigenvalue weighted by atomic mass is 35.5. The Balaban J connectivity index is 1.91. The first-order chi connectivity index (χ1) is 19.2. The minimum atomic E-state index is -3.66. The maximum atomic E-state index is 14.8. The summed E-state index contributed by atoms with van der Waals surface area (Å²) in [5, 5.41) is 3.36. The molecule has 1 N–H and O–H groups in total. The molecule has 0 aliphatic carbocycles. The van der Waals surface area contributed by atoms with Crippen LogP contribution in [-0.4, -0.2) is 49.5 Å². The van der Waals surface area contributed by atoms with Gasteiger partial charge in [-0.25, -0.2) is 12.8 Å². The van der Waals surface area contributed by atoms with E-state index in [-0.39, 0.29) is 43.8 Å². The maximum absolute atomic E-state index is 14.8. The van der Waals surface area contributed by atoms with Crippen molar-refractivity contribution < 1.29 is 22.4 Å². The molecule has 0 aliphatic heterocycles. The van der Waals surface area contributed by atoms with E-state index in [0.717, 1.165) is 11.8 Å². The van der Waals surface area contributed by atoms with Gasteiger partial charge in [-0.05, 0) is 57.0 Å². The van der Waals surface area contributed by atoms with Gasteiger partial charge >= 0.3 is 0 Å². The van der Waals surface area contributed by atoms with E-state index in [9.17, 15) is 22.4 Å². The Bertz CT molecular complexity index is 1440. The molecule has 0 saturated carbocycles. The number of carbonyl (C=O) groups is 2. The van der Waals surface area contributed by atoms with Crippen LogP contribution in [0.4, 0.5) is 10.1 Å². The van der Waals surface area contributed by atoms with E-state index < -0.39 is 33.3 Å². The molecule has 0 aromatic heterocycles. The highest BCUT2D eigenvalue weighted by Crippen LogP contribution is 2.23. The largest absolute Gasteiger partial charge is 0.350 e. The minimum Gasteiger partial charge on any atom is -0.350 e. The first-order valence-electron chi connectivity index (χ1n) is 13.4. The normalized spacial score (nSPS) is 12.4. The monoisotopic (exact) mass is 601 g/mol. The second kappa shape index (κ2) is 14.0. The standard InChI is InChI=1S/C31H37ClFN3O4S/c1-31(2,3)34-30(38)28(20-23-12-6-5-7-13-23)35(22-24-14-8-9-17-27(24)33)29(37)18-11-19-36(41(4,39)40)26-16-10-15-25(32)21-26/h5-10,12-17,21,28H,11,18-20,22H2,1-4H3,(H,34,38)/t28-/m1/s1. The summed E-state index contributed by atoms with van der Waals surface area (Å²) < 4.78 is 41.1. The highest BCUT2D eigenvalue weighted by molar-refractivity contribution is 7.92. The summed E-state index contributed by atoms with van der Waals surface area (Å²) in [4.78, 5) is 28.8. The average molecular weight is 602 g/mol. The van der Waals surface area contributed by atoms with Crippen LogP contribution in [0, 0.1) is 5.82 Å². The molecule has 0 spiro atoms. The van der Waals surface area contributed by atoms with Crippen LogP contribution in [0.5, 0.6) is 0 Å². The van der Waals surface area contributed by atoms with Crippen LogP contribution in [0.1, 0.15) is 44.7 Å². The number of nitrogens with one attached hydrogen (secondary N) is 1. The summed E-state index contributed by atoms with van der Waals surface area (Å²) >= 11 is 6.08. The third kappa shape index (κ3) is 9.86. The van der Waals surface area contributed by atoms with Crippen molar-refractivity contribution in [2.75, 3.05) is 17.1 Å². The first kappa shape index (κ1) is 32.1. The van der Waals surface area contributed by atoms with E-state index in [2.05, 4.69) is 5.32 Å². The minimum absolute atomic E-state index is 0.0238. The third-order valence-corrected chi connectivity index (χ3v) is 7.75. The van der Waals surface area contributed by atoms with E-state index in [1.807, 2.05) is 51.1 Å². The van der Waals surface area contributed by atoms with Crippen LogP contribution in [0.25, 0.3) is 0 Å². The molecule has 2 amide bonds. The predicted octanol–water partition coefficient (Wildman–Crippen LogP) is 5.58. The predicted molar refractivity (Wildman–Crippen MR) is 162 cm³/mol. The van der Waals surface area contributed by atoms with Gasteiger partial charge in [-0.2, -0.15) is 0 Å². The average Bonchev–Trinajstić information content (AvgIpc) is 2.88. The number of rotatable bonds is 12. The highest BCUT2D eigenvalue weighted by Gasteiger charge is 2.32. The van der Waals surface area contributed by atoms with E-state index in [1.165, 1.54) is 15.3 Å². The van der Waals surface area contributed by atoms with Crippen LogP contribution in [0.15, 0.2) is 78.9 Å². The number of benzene rings is 3. The Morgan fingerprint density at radius 3 is 2.24 bits per heavy atom. The number of amides is 2. The Hall–Kier alpha value is -3.43. The van der Waals surface area contributed by atoms with Crippen molar-refractivity contribution in [1.29, 1.82) is 0 Å². The molecule has 3 rings (SSSR count). The lowest BCUT2D eigenvalue weighted by Gasteiger charge is -2.34. The second-order valence-electron chi connectivity index (χ2n) is 11.0. The van der Waals surface area contributed by atoms with Crippen molar-refractivity contribution in [3.8, 4) is 0 Å². The molecule has 0 saturated heterocycles. The van der Waals surface area contributed by atoms with Crippen molar-refractivity contribution in [3.63, 3.8) is 0 Å². The number of hydrogen-bond donors (Lipinski definition) is 1. The fourth-order valence-electron chi connectivity index (χ4n) is 4.45. The second-order valence-corrected chi connectivity index (χ2v) is 13.3. The van der Waals surface area contributed by atoms with Crippen LogP contribution in [0.2, 0.25) is 5.02 Å². The number of hydrogen-bond acceptors (Lipinski definition) is 4. The number of anilines is 1. The van der Waals surface area contributed by atoms with Gasteiger partial charge in [0.15, 0.2) is 0 Å². The van der Waals surface area contributed by atoms with Gasteiger partial charge in [0.05, 0.1) is 11.9 Å². The van der Waals surface area contributed by atoms with Gasteiger partial charge in [0.25, 0.3) is 0 Å². The molecular weight excluding hydrogens is 565 g/mol. The number of halogens is 2. The summed E-state index contributed by atoms with van der Waals surface area (Å²) in [6.45, 7) is 5.45. The van der Waals surface area contributed by atoms with Crippen molar-refractivity contribution in [2.24, 2.45) is 0 Å². The van der Waals surface area contributed by atoms with Gasteiger partial charge in [0, 0.05) is 42.1 Å². The molecule has 10 heteroatoms. The van der Waals surface area contributed by atoms with Crippen molar-refractivity contribution >= 4 is 39.1 Å². The molecule has 41 heavy (non-hydrogen) atoms. The first-order valence-corrected chi connectivity index (χ1v) is 15.6. The van der Waals surface area contributed by atoms with E-state index in [0.29, 0.717) is 10.7 Å². The summed E-state index contributed by atoms with van der Waals surface area (Å²) in [5.41, 5.74) is 0.949. The van der Waals surface area contributed by atoms with Gasteiger partial charge in [0.1, 0.15) is 11.9 Å². The molecule has 0 radical (unpaired) electrons. The third-order valence-electron chi connectivity index (χ3n) is 6.32. The zero-order chi connectivity index (χ0) is 30.2. The lowest BCUT2D eigenvalue weighted by molar-refractivity contribution is -0.142. The van der Waals surface area contributed by atoms with Gasteiger partial charge in [-0.1, -0.05) is 66.2 Å². The van der Waals surface area contributed by atoms with Gasteiger partial charge in [-0.3, -0.25) is 13.9 Å². The maximum Gasteiger partial charge on any atom is 0.243 e. The summed E-state index contributed by atoms with van der Waals surface area (Å²) in [7, 11) is -3.66. The van der Waals surface area contributed by atoms with Crippen molar-refractivity contribution in [1.82, 2.24) is 10.2 Å². The van der Waals surface area contributed by atoms with Crippen LogP contribution in [0.3, 0.4) is 0 Å². The quantitative estimate of drug-likeness (QED) is 0.294. The molecule has 0 aliphatic rings. The van der Waals surface area contributed by atoms with Crippen molar-refractivity contribution in [3.05, 3.63) is 101 Å². The Morgan fingerprint density at radius 2 is 1.63 bits per heavy atom. The molecule has 3 aromatic rings. The van der Waals surface area contributed by atoms with Crippen LogP contribution in [-0.2, 0) is 32.6 Å². The lowest BCUT2D eigenvalue weighted by Crippen LogP contribution is -2.54. The smallest absolute Gasteiger partial charge is 0.243 e. The molecule has 0 unspecified atom stereocenters. The Morgan fingerprint density at radius 1 is 0.976 bits per heavy atom. The SMILES string of the molecule is CC(C)(C)NC(=O)[C@@H](Cc1ccccc1)N(Cc1ccccc1F)C(=O)CCCN(c1cccc(Cl)c1)S(C)(=O)=O. The zero-order valence-electron chi connectivity index (χ0n) is 23.8. The van der Waals surface area contributed by atoms with E-state index in [1.54, 1.807) is 42.5 Å². The van der Waals surface area contributed by atoms with Crippen LogP contribution < -0.4 is 9.62 Å². The fourth-order valence-corrected chi connectivity index (χ4v) is 5.59. The number of nitrogens with zero attached hydrogens (tertiary/aromatic N) is 2. The van der Waals surface area contributed by atoms with E-state index >= 15 is 0 Å². The summed E-state index contributed by atoms with van der Waals surface area (Å²) in [5.74, 6) is -1.23. The molecule has 0 bridgehead atoms. The molecule has 0 fully saturated rings. The van der Waals surface area contributed by atoms with Gasteiger partial charge < -0.3 is 10.2 Å². The molecule has 0 heterocycles. The lowest BCUT2D eigenvalue weighted by atomic mass is 10.00. The molecule has 1 atom stereocenters. The van der Waals surface area contributed by atoms with E-state index in [4.69, 9.17) is 11.6 Å². The number of sulfonamides is 1. The molecule has 220 valence electrons. The molecule has 3 aromatic carbocycles. The van der Waals surface area contributed by atoms with Crippen molar-refractivity contribution in [2.45, 2.75) is 58.2 Å². The summed E-state index contributed by atoms with van der Waals surface area (Å²) in [6.07, 6.45) is 1.42. The van der Waals surface area contributed by atoms with Gasteiger partial charge in [0.2, 0.25) is 21.8 Å². The number of carbonyl (C=O) groups excluding carboxylic acids is 2. The topological polar surface area (TPSA) is 86.8 Å². The molecular formula is C31H37ClFN3O4S. The Kier molecular flexibility index (Phi) is 10.9. The molecule has 7 nitrogen and oxygen atoms in total. The van der Waals surface area contributed by atoms with Crippen LogP contribution >= 0.6 is 11.6 Å². The Labute approximate surface area is 247 Å². The zero-order valence-corrected chi connectivity index (χ0v) is 25.4.